The van der Waals surface area contributed by atoms with E-state index in [9.17, 15) is 17.6 Å². The van der Waals surface area contributed by atoms with E-state index in [-0.39, 0.29) is 18.0 Å². The third-order valence-electron chi connectivity index (χ3n) is 2.55. The van der Waals surface area contributed by atoms with E-state index in [1.165, 1.54) is 6.07 Å². The highest BCUT2D eigenvalue weighted by Gasteiger charge is 2.25. The van der Waals surface area contributed by atoms with Gasteiger partial charge in [0.2, 0.25) is 15.9 Å². The molecular formula is C14H22FN3O3S. The van der Waals surface area contributed by atoms with Crippen molar-refractivity contribution >= 4 is 21.6 Å². The molecule has 3 N–H and O–H groups in total. The van der Waals surface area contributed by atoms with Gasteiger partial charge in [0.25, 0.3) is 0 Å². The van der Waals surface area contributed by atoms with Crippen molar-refractivity contribution in [3.05, 3.63) is 24.0 Å². The molecule has 0 spiro atoms. The lowest BCUT2D eigenvalue weighted by atomic mass is 10.1. The smallest absolute Gasteiger partial charge is 0.244 e. The zero-order chi connectivity index (χ0) is 17.0. The quantitative estimate of drug-likeness (QED) is 0.736. The second-order valence-corrected chi connectivity index (χ2v) is 7.55. The number of rotatable bonds is 6. The number of benzene rings is 1. The Morgan fingerprint density at radius 2 is 1.91 bits per heavy atom. The molecule has 1 aromatic rings. The van der Waals surface area contributed by atoms with Crippen LogP contribution < -0.4 is 15.4 Å². The highest BCUT2D eigenvalue weighted by molar-refractivity contribution is 7.89. The number of hydrogen-bond donors (Lipinski definition) is 3. The molecular weight excluding hydrogens is 309 g/mol. The summed E-state index contributed by atoms with van der Waals surface area (Å²) >= 11 is 0. The molecule has 0 atom stereocenters. The van der Waals surface area contributed by atoms with Gasteiger partial charge in [-0.15, -0.1) is 0 Å². The van der Waals surface area contributed by atoms with E-state index in [4.69, 9.17) is 0 Å². The molecule has 1 amide bonds. The molecule has 6 nitrogen and oxygen atoms in total. The molecule has 0 saturated heterocycles. The minimum Gasteiger partial charge on any atom is -0.326 e. The van der Waals surface area contributed by atoms with Crippen molar-refractivity contribution in [3.8, 4) is 0 Å². The van der Waals surface area contributed by atoms with Crippen LogP contribution in [0.25, 0.3) is 0 Å². The monoisotopic (exact) mass is 331 g/mol. The first kappa shape index (κ1) is 18.5. The van der Waals surface area contributed by atoms with Crippen LogP contribution >= 0.6 is 0 Å². The third-order valence-corrected chi connectivity index (χ3v) is 4.32. The summed E-state index contributed by atoms with van der Waals surface area (Å²) in [7, 11) is -2.30. The fourth-order valence-corrected chi connectivity index (χ4v) is 3.23. The van der Waals surface area contributed by atoms with Crippen LogP contribution in [-0.4, -0.2) is 33.5 Å². The van der Waals surface area contributed by atoms with Crippen molar-refractivity contribution in [1.82, 2.24) is 10.0 Å². The SMILES string of the molecule is CNCCC(=O)Nc1ccc(F)c(S(=O)(=O)NC(C)(C)C)c1. The van der Waals surface area contributed by atoms with Crippen molar-refractivity contribution in [1.29, 1.82) is 0 Å². The Kier molecular flexibility index (Phi) is 6.04. The van der Waals surface area contributed by atoms with E-state index in [1.807, 2.05) is 0 Å². The average molecular weight is 331 g/mol. The number of sulfonamides is 1. The van der Waals surface area contributed by atoms with Gasteiger partial charge in [0.05, 0.1) is 0 Å². The van der Waals surface area contributed by atoms with E-state index in [2.05, 4.69) is 15.4 Å². The van der Waals surface area contributed by atoms with Crippen molar-refractivity contribution in [2.75, 3.05) is 18.9 Å². The molecule has 1 aromatic carbocycles. The van der Waals surface area contributed by atoms with Gasteiger partial charge in [-0.2, -0.15) is 0 Å². The van der Waals surface area contributed by atoms with E-state index in [0.29, 0.717) is 6.54 Å². The predicted octanol–water partition coefficient (Wildman–Crippen LogP) is 1.45. The summed E-state index contributed by atoms with van der Waals surface area (Å²) in [6.45, 7) is 5.47. The van der Waals surface area contributed by atoms with Gasteiger partial charge in [0.1, 0.15) is 10.7 Å². The lowest BCUT2D eigenvalue weighted by molar-refractivity contribution is -0.116. The fraction of sp³-hybridized carbons (Fsp3) is 0.500. The van der Waals surface area contributed by atoms with Gasteiger partial charge >= 0.3 is 0 Å². The first-order valence-corrected chi connectivity index (χ1v) is 8.31. The van der Waals surface area contributed by atoms with Crippen LogP contribution in [0.5, 0.6) is 0 Å². The standard InChI is InChI=1S/C14H22FN3O3S/c1-14(2,3)18-22(20,21)12-9-10(5-6-11(12)15)17-13(19)7-8-16-4/h5-6,9,16,18H,7-8H2,1-4H3,(H,17,19). The Balaban J connectivity index is 3.02. The zero-order valence-electron chi connectivity index (χ0n) is 13.2. The van der Waals surface area contributed by atoms with Crippen LogP contribution in [-0.2, 0) is 14.8 Å². The van der Waals surface area contributed by atoms with Gasteiger partial charge in [-0.05, 0) is 46.0 Å². The van der Waals surface area contributed by atoms with Gasteiger partial charge in [-0.3, -0.25) is 4.79 Å². The van der Waals surface area contributed by atoms with Crippen LogP contribution in [0.4, 0.5) is 10.1 Å². The molecule has 0 aromatic heterocycles. The van der Waals surface area contributed by atoms with Crippen LogP contribution in [0.3, 0.4) is 0 Å². The van der Waals surface area contributed by atoms with Gasteiger partial charge in [-0.1, -0.05) is 0 Å². The lowest BCUT2D eigenvalue weighted by Crippen LogP contribution is -2.40. The number of anilines is 1. The minimum atomic E-state index is -4.01. The highest BCUT2D eigenvalue weighted by atomic mass is 32.2. The normalized spacial score (nSPS) is 12.2. The fourth-order valence-electron chi connectivity index (χ4n) is 1.71. The molecule has 0 aliphatic heterocycles. The molecule has 0 aliphatic rings. The lowest BCUT2D eigenvalue weighted by Gasteiger charge is -2.20. The average Bonchev–Trinajstić information content (AvgIpc) is 2.35. The van der Waals surface area contributed by atoms with Gasteiger partial charge in [-0.25, -0.2) is 17.5 Å². The van der Waals surface area contributed by atoms with Crippen molar-refractivity contribution in [3.63, 3.8) is 0 Å². The van der Waals surface area contributed by atoms with E-state index >= 15 is 0 Å². The minimum absolute atomic E-state index is 0.232. The van der Waals surface area contributed by atoms with Gasteiger partial charge < -0.3 is 10.6 Å². The number of amides is 1. The van der Waals surface area contributed by atoms with E-state index in [0.717, 1.165) is 12.1 Å². The van der Waals surface area contributed by atoms with E-state index in [1.54, 1.807) is 27.8 Å². The summed E-state index contributed by atoms with van der Waals surface area (Å²) in [5.74, 6) is -1.15. The second kappa shape index (κ2) is 7.17. The highest BCUT2D eigenvalue weighted by Crippen LogP contribution is 2.21. The number of halogens is 1. The summed E-state index contributed by atoms with van der Waals surface area (Å²) < 4.78 is 40.6. The molecule has 0 radical (unpaired) electrons. The molecule has 0 saturated carbocycles. The third kappa shape index (κ3) is 5.70. The molecule has 0 heterocycles. The summed E-state index contributed by atoms with van der Waals surface area (Å²) in [6, 6.07) is 3.45. The van der Waals surface area contributed by atoms with Crippen LogP contribution in [0, 0.1) is 5.82 Å². The summed E-state index contributed by atoms with van der Waals surface area (Å²) in [5, 5.41) is 5.37. The first-order chi connectivity index (χ1) is 10.0. The zero-order valence-corrected chi connectivity index (χ0v) is 14.0. The number of carbonyl (C=O) groups excluding carboxylic acids is 1. The summed E-state index contributed by atoms with van der Waals surface area (Å²) in [6.07, 6.45) is 0.232. The molecule has 0 aliphatic carbocycles. The van der Waals surface area contributed by atoms with Gasteiger partial charge in [0, 0.05) is 24.2 Å². The topological polar surface area (TPSA) is 87.3 Å². The largest absolute Gasteiger partial charge is 0.326 e. The number of hydrogen-bond acceptors (Lipinski definition) is 4. The molecule has 124 valence electrons. The Hall–Kier alpha value is -1.51. The Morgan fingerprint density at radius 3 is 2.45 bits per heavy atom. The van der Waals surface area contributed by atoms with Crippen LogP contribution in [0.1, 0.15) is 27.2 Å². The van der Waals surface area contributed by atoms with E-state index < -0.39 is 26.3 Å². The molecule has 22 heavy (non-hydrogen) atoms. The van der Waals surface area contributed by atoms with Crippen LogP contribution in [0.2, 0.25) is 0 Å². The van der Waals surface area contributed by atoms with Crippen molar-refractivity contribution in [2.24, 2.45) is 0 Å². The van der Waals surface area contributed by atoms with Crippen molar-refractivity contribution in [2.45, 2.75) is 37.6 Å². The maximum Gasteiger partial charge on any atom is 0.244 e. The molecule has 1 rings (SSSR count). The summed E-state index contributed by atoms with van der Waals surface area (Å²) in [5.41, 5.74) is -0.506. The molecule has 8 heteroatoms. The molecule has 0 bridgehead atoms. The molecule has 0 unspecified atom stereocenters. The Bertz CT molecular complexity index is 639. The summed E-state index contributed by atoms with van der Waals surface area (Å²) in [4.78, 5) is 11.1. The number of carbonyl (C=O) groups is 1. The van der Waals surface area contributed by atoms with Gasteiger partial charge in [0.15, 0.2) is 0 Å². The maximum absolute atomic E-state index is 13.8. The first-order valence-electron chi connectivity index (χ1n) is 6.83. The molecule has 0 fully saturated rings. The van der Waals surface area contributed by atoms with Crippen molar-refractivity contribution < 1.29 is 17.6 Å². The maximum atomic E-state index is 13.8. The number of nitrogens with one attached hydrogen (secondary N) is 3. The predicted molar refractivity (Wildman–Crippen MR) is 83.6 cm³/mol. The Labute approximate surface area is 130 Å². The van der Waals surface area contributed by atoms with Crippen LogP contribution in [0.15, 0.2) is 23.1 Å². The Morgan fingerprint density at radius 1 is 1.27 bits per heavy atom. The second-order valence-electron chi connectivity index (χ2n) is 5.90.